The molecule has 53 heavy (non-hydrogen) atoms. The molecule has 3 aliphatic rings. The lowest BCUT2D eigenvalue weighted by Crippen LogP contribution is -2.54. The zero-order chi connectivity index (χ0) is 38.4. The second-order valence-electron chi connectivity index (χ2n) is 15.6. The average molecular weight is 728 g/mol. The van der Waals surface area contributed by atoms with E-state index in [2.05, 4.69) is 15.9 Å². The van der Waals surface area contributed by atoms with E-state index in [0.717, 1.165) is 90.0 Å². The molecule has 1 spiro atoms. The Bertz CT molecular complexity index is 2020. The van der Waals surface area contributed by atoms with Crippen LogP contribution in [-0.2, 0) is 31.4 Å². The van der Waals surface area contributed by atoms with E-state index in [4.69, 9.17) is 9.47 Å². The summed E-state index contributed by atoms with van der Waals surface area (Å²) in [7, 11) is 5.14. The Morgan fingerprint density at radius 3 is 2.36 bits per heavy atom. The van der Waals surface area contributed by atoms with E-state index in [9.17, 15) is 23.6 Å². The molecule has 1 unspecified atom stereocenters. The normalized spacial score (nSPS) is 18.9. The molecule has 0 bridgehead atoms. The molecule has 1 aliphatic carbocycles. The molecular weight excluding hydrogens is 676 g/mol. The van der Waals surface area contributed by atoms with Gasteiger partial charge >= 0.3 is 0 Å². The molecule has 2 fully saturated rings. The summed E-state index contributed by atoms with van der Waals surface area (Å²) in [6.07, 6.45) is 3.17. The lowest BCUT2D eigenvalue weighted by Gasteiger charge is -2.43. The van der Waals surface area contributed by atoms with Crippen molar-refractivity contribution >= 4 is 5.91 Å². The molecule has 2 aromatic carbocycles. The fourth-order valence-electron chi connectivity index (χ4n) is 8.19. The van der Waals surface area contributed by atoms with Crippen molar-refractivity contribution in [3.8, 4) is 28.7 Å². The van der Waals surface area contributed by atoms with Gasteiger partial charge < -0.3 is 18.9 Å². The quantitative estimate of drug-likeness (QED) is 0.169. The fraction of sp³-hybridized carbons (Fsp3) is 0.500. The standard InChI is InChI=1S/C42H51F2N5O4/c1-26-27(2)38(50)46(6)23-34(26)30-18-36(52-7)35(37(19-30)53-8)24-47-16-17-48(42(25-47)13-14-42)22-29-10-9-11-32-28(3)49(15-12-33(29)32)39(51)31(21-45)20-41(4,5)40(43)44/h9-11,18-20,23,28,40H,12-17,22,24-25H2,1-8H3/b31-20+. The Morgan fingerprint density at radius 1 is 1.08 bits per heavy atom. The predicted octanol–water partition coefficient (Wildman–Crippen LogP) is 6.72. The molecule has 1 amide bonds. The van der Waals surface area contributed by atoms with Crippen LogP contribution in [0.4, 0.5) is 8.78 Å². The van der Waals surface area contributed by atoms with Crippen molar-refractivity contribution in [1.29, 1.82) is 5.26 Å². The number of amides is 1. The molecule has 0 radical (unpaired) electrons. The van der Waals surface area contributed by atoms with Gasteiger partial charge in [0.25, 0.3) is 11.5 Å². The number of nitriles is 1. The highest BCUT2D eigenvalue weighted by atomic mass is 19.3. The first-order chi connectivity index (χ1) is 25.1. The van der Waals surface area contributed by atoms with E-state index >= 15 is 0 Å². The first-order valence-electron chi connectivity index (χ1n) is 18.4. The van der Waals surface area contributed by atoms with Gasteiger partial charge in [-0.3, -0.25) is 19.4 Å². The Morgan fingerprint density at radius 2 is 1.75 bits per heavy atom. The highest BCUT2D eigenvalue weighted by Crippen LogP contribution is 2.47. The number of piperazine rings is 1. The molecule has 1 aromatic heterocycles. The molecule has 6 rings (SSSR count). The molecule has 11 heteroatoms. The van der Waals surface area contributed by atoms with Gasteiger partial charge in [-0.25, -0.2) is 8.78 Å². The monoisotopic (exact) mass is 727 g/mol. The minimum Gasteiger partial charge on any atom is -0.496 e. The number of hydrogen-bond donors (Lipinski definition) is 0. The molecule has 282 valence electrons. The summed E-state index contributed by atoms with van der Waals surface area (Å²) in [6.45, 7) is 13.1. The second kappa shape index (κ2) is 14.7. The number of carbonyl (C=O) groups is 1. The van der Waals surface area contributed by atoms with Crippen LogP contribution >= 0.6 is 0 Å². The first kappa shape index (κ1) is 38.2. The third-order valence-corrected chi connectivity index (χ3v) is 11.8. The van der Waals surface area contributed by atoms with Crippen LogP contribution < -0.4 is 15.0 Å². The van der Waals surface area contributed by atoms with Crippen molar-refractivity contribution in [2.45, 2.75) is 85.0 Å². The van der Waals surface area contributed by atoms with E-state index in [1.54, 1.807) is 30.7 Å². The highest BCUT2D eigenvalue weighted by molar-refractivity contribution is 5.97. The van der Waals surface area contributed by atoms with E-state index in [0.29, 0.717) is 19.5 Å². The molecule has 1 saturated heterocycles. The zero-order valence-corrected chi connectivity index (χ0v) is 32.2. The van der Waals surface area contributed by atoms with Gasteiger partial charge in [0.15, 0.2) is 0 Å². The van der Waals surface area contributed by atoms with E-state index in [-0.39, 0.29) is 22.7 Å². The number of halogens is 2. The van der Waals surface area contributed by atoms with Crippen LogP contribution in [0.3, 0.4) is 0 Å². The van der Waals surface area contributed by atoms with Crippen LogP contribution in [-0.4, -0.2) is 77.5 Å². The minimum atomic E-state index is -2.69. The highest BCUT2D eigenvalue weighted by Gasteiger charge is 2.51. The van der Waals surface area contributed by atoms with Gasteiger partial charge in [-0.15, -0.1) is 0 Å². The Balaban J connectivity index is 1.18. The van der Waals surface area contributed by atoms with Crippen LogP contribution in [0.25, 0.3) is 11.1 Å². The summed E-state index contributed by atoms with van der Waals surface area (Å²) in [5, 5.41) is 9.73. The summed E-state index contributed by atoms with van der Waals surface area (Å²) in [5.41, 5.74) is 6.34. The van der Waals surface area contributed by atoms with Crippen molar-refractivity contribution in [2.75, 3.05) is 40.4 Å². The number of aryl methyl sites for hydroxylation is 1. The topological polar surface area (TPSA) is 91.0 Å². The third kappa shape index (κ3) is 7.24. The van der Waals surface area contributed by atoms with Crippen LogP contribution in [0.1, 0.15) is 73.0 Å². The van der Waals surface area contributed by atoms with Crippen molar-refractivity contribution in [3.05, 3.63) is 91.9 Å². The van der Waals surface area contributed by atoms with Gasteiger partial charge in [0.1, 0.15) is 23.1 Å². The van der Waals surface area contributed by atoms with Gasteiger partial charge in [-0.2, -0.15) is 5.26 Å². The van der Waals surface area contributed by atoms with E-state index < -0.39 is 17.7 Å². The molecule has 3 heterocycles. The Hall–Kier alpha value is -4.53. The fourth-order valence-corrected chi connectivity index (χ4v) is 8.19. The number of carbonyl (C=O) groups excluding carboxylic acids is 1. The summed E-state index contributed by atoms with van der Waals surface area (Å²) < 4.78 is 40.7. The van der Waals surface area contributed by atoms with Crippen molar-refractivity contribution in [1.82, 2.24) is 19.3 Å². The van der Waals surface area contributed by atoms with Crippen molar-refractivity contribution in [3.63, 3.8) is 0 Å². The number of benzene rings is 2. The lowest BCUT2D eigenvalue weighted by atomic mass is 9.87. The number of hydrogen-bond acceptors (Lipinski definition) is 7. The largest absolute Gasteiger partial charge is 0.496 e. The van der Waals surface area contributed by atoms with E-state index in [1.165, 1.54) is 25.0 Å². The van der Waals surface area contributed by atoms with Gasteiger partial charge in [0.05, 0.1) is 25.8 Å². The summed E-state index contributed by atoms with van der Waals surface area (Å²) in [6, 6.07) is 11.9. The number of pyridine rings is 1. The van der Waals surface area contributed by atoms with Gasteiger partial charge in [0.2, 0.25) is 6.43 Å². The number of methoxy groups -OCH3 is 2. The van der Waals surface area contributed by atoms with E-state index in [1.807, 2.05) is 57.3 Å². The number of fused-ring (bicyclic) bond motifs is 1. The number of ether oxygens (including phenoxy) is 2. The van der Waals surface area contributed by atoms with Crippen molar-refractivity contribution in [2.24, 2.45) is 12.5 Å². The molecule has 1 saturated carbocycles. The maximum absolute atomic E-state index is 13.6. The van der Waals surface area contributed by atoms with Crippen LogP contribution in [0, 0.1) is 30.6 Å². The number of nitrogens with zero attached hydrogens (tertiary/aromatic N) is 5. The zero-order valence-electron chi connectivity index (χ0n) is 32.2. The molecule has 2 aliphatic heterocycles. The van der Waals surface area contributed by atoms with Crippen molar-refractivity contribution < 1.29 is 23.0 Å². The Kier molecular flexibility index (Phi) is 10.6. The molecule has 3 aromatic rings. The third-order valence-electron chi connectivity index (χ3n) is 11.8. The van der Waals surface area contributed by atoms with Gasteiger partial charge in [-0.05, 0) is 86.1 Å². The Labute approximate surface area is 311 Å². The van der Waals surface area contributed by atoms with Gasteiger partial charge in [0, 0.05) is 74.6 Å². The minimum absolute atomic E-state index is 0.00557. The number of rotatable bonds is 10. The smallest absolute Gasteiger partial charge is 0.264 e. The lowest BCUT2D eigenvalue weighted by molar-refractivity contribution is -0.129. The summed E-state index contributed by atoms with van der Waals surface area (Å²) >= 11 is 0. The molecular formula is C42H51F2N5O4. The first-order valence-corrected chi connectivity index (χ1v) is 18.4. The van der Waals surface area contributed by atoms with Crippen LogP contribution in [0.5, 0.6) is 11.5 Å². The molecule has 9 nitrogen and oxygen atoms in total. The maximum Gasteiger partial charge on any atom is 0.264 e. The number of aromatic nitrogens is 1. The predicted molar refractivity (Wildman–Crippen MR) is 201 cm³/mol. The second-order valence-corrected chi connectivity index (χ2v) is 15.6. The molecule has 1 atom stereocenters. The molecule has 0 N–H and O–H groups in total. The number of allylic oxidation sites excluding steroid dienone is 1. The maximum atomic E-state index is 13.6. The summed E-state index contributed by atoms with van der Waals surface area (Å²) in [4.78, 5) is 32.8. The van der Waals surface area contributed by atoms with Crippen LogP contribution in [0.2, 0.25) is 0 Å². The average Bonchev–Trinajstić information content (AvgIpc) is 3.91. The summed E-state index contributed by atoms with van der Waals surface area (Å²) in [5.74, 6) is 1.01. The van der Waals surface area contributed by atoms with Crippen LogP contribution in [0.15, 0.2) is 53.0 Å². The van der Waals surface area contributed by atoms with Gasteiger partial charge in [-0.1, -0.05) is 32.0 Å². The SMILES string of the molecule is COc1cc(-c2cn(C)c(=O)c(C)c2C)cc(OC)c1CN1CCN(Cc2cccc3c2CCN(C(=O)/C(C#N)=C/C(C)(C)C(F)F)C3C)C2(CC2)C1. The number of alkyl halides is 2.